The van der Waals surface area contributed by atoms with E-state index in [1.807, 2.05) is 36.4 Å². The number of hydrogen-bond acceptors (Lipinski definition) is 2. The zero-order chi connectivity index (χ0) is 14.2. The van der Waals surface area contributed by atoms with Crippen molar-refractivity contribution in [2.45, 2.75) is 18.8 Å². The molecule has 2 nitrogen and oxygen atoms in total. The van der Waals surface area contributed by atoms with E-state index in [-0.39, 0.29) is 62.0 Å². The number of fused-ring (bicyclic) bond motifs is 2. The van der Waals surface area contributed by atoms with Crippen LogP contribution in [0.4, 0.5) is 0 Å². The summed E-state index contributed by atoms with van der Waals surface area (Å²) >= 11 is 7.15. The molecule has 0 aromatic heterocycles. The van der Waals surface area contributed by atoms with Gasteiger partial charge < -0.3 is 7.59 Å². The van der Waals surface area contributed by atoms with Crippen LogP contribution in [0.3, 0.4) is 0 Å². The summed E-state index contributed by atoms with van der Waals surface area (Å²) in [5, 5.41) is 0. The van der Waals surface area contributed by atoms with Crippen molar-refractivity contribution < 1.29 is 66.7 Å². The Balaban J connectivity index is 0. The molecule has 3 rings (SSSR count). The Bertz CT molecular complexity index is 596. The van der Waals surface area contributed by atoms with Gasteiger partial charge in [-0.1, -0.05) is 61.8 Å². The van der Waals surface area contributed by atoms with Crippen molar-refractivity contribution in [3.05, 3.63) is 59.7 Å². The van der Waals surface area contributed by atoms with Crippen LogP contribution in [0.25, 0.3) is 0 Å². The molecule has 0 radical (unpaired) electrons. The quantitative estimate of drug-likeness (QED) is 0.397. The van der Waals surface area contributed by atoms with Crippen LogP contribution in [-0.2, 0) is 5.00 Å². The second kappa shape index (κ2) is 8.55. The first-order valence-electron chi connectivity index (χ1n) is 7.02. The van der Waals surface area contributed by atoms with Gasteiger partial charge in [0, 0.05) is 11.1 Å². The first-order chi connectivity index (χ1) is 9.71. The van der Waals surface area contributed by atoms with E-state index in [1.165, 1.54) is 0 Å². The van der Waals surface area contributed by atoms with Crippen molar-refractivity contribution in [2.24, 2.45) is 0 Å². The van der Waals surface area contributed by atoms with Gasteiger partial charge in [-0.25, -0.2) is 0 Å². The number of hydrogen-bond donors (Lipinski definition) is 0. The fraction of sp³-hybridized carbons (Fsp3) is 0.294. The SMILES string of the molecule is CCN(CC)C1(Cl)c2ccccc2Oc2ccccc21.[H-].[H-].[Na+].[Na+]. The fourth-order valence-corrected chi connectivity index (χ4v) is 3.47. The van der Waals surface area contributed by atoms with Crippen molar-refractivity contribution in [1.82, 2.24) is 4.90 Å². The van der Waals surface area contributed by atoms with Gasteiger partial charge in [0.1, 0.15) is 11.5 Å². The van der Waals surface area contributed by atoms with Gasteiger partial charge in [0.2, 0.25) is 0 Å². The van der Waals surface area contributed by atoms with Gasteiger partial charge in [-0.05, 0) is 25.2 Å². The molecule has 2 aromatic carbocycles. The van der Waals surface area contributed by atoms with Gasteiger partial charge in [0.25, 0.3) is 0 Å². The van der Waals surface area contributed by atoms with E-state index in [1.54, 1.807) is 0 Å². The maximum absolute atomic E-state index is 7.15. The number of rotatable bonds is 3. The van der Waals surface area contributed by atoms with Gasteiger partial charge in [-0.3, -0.25) is 4.90 Å². The van der Waals surface area contributed by atoms with Crippen LogP contribution in [-0.4, -0.2) is 18.0 Å². The fourth-order valence-electron chi connectivity index (χ4n) is 2.92. The average Bonchev–Trinajstić information content (AvgIpc) is 2.49. The second-order valence-corrected chi connectivity index (χ2v) is 5.44. The third kappa shape index (κ3) is 3.31. The molecule has 108 valence electrons. The van der Waals surface area contributed by atoms with Crippen LogP contribution < -0.4 is 63.9 Å². The number of alkyl halides is 1. The first kappa shape index (κ1) is 20.5. The Kier molecular flexibility index (Phi) is 7.98. The van der Waals surface area contributed by atoms with E-state index in [0.717, 1.165) is 35.7 Å². The summed E-state index contributed by atoms with van der Waals surface area (Å²) in [5.41, 5.74) is 2.04. The summed E-state index contributed by atoms with van der Waals surface area (Å²) in [6, 6.07) is 16.0. The number of halogens is 1. The first-order valence-corrected chi connectivity index (χ1v) is 7.40. The molecule has 0 spiro atoms. The van der Waals surface area contributed by atoms with E-state index in [2.05, 4.69) is 30.9 Å². The maximum Gasteiger partial charge on any atom is 1.00 e. The molecule has 0 atom stereocenters. The smallest absolute Gasteiger partial charge is 1.00 e. The standard InChI is InChI=1S/C17H18ClNO.2Na.2H/c1-3-19(4-2)17(18)13-9-5-7-11-15(13)20-16-12-8-6-10-14(16)17;;;;/h5-12H,3-4H2,1-2H3;;;;/q;2*+1;2*-1. The second-order valence-electron chi connectivity index (χ2n) is 4.89. The molecule has 0 saturated carbocycles. The van der Waals surface area contributed by atoms with E-state index in [0.29, 0.717) is 0 Å². The zero-order valence-electron chi connectivity index (χ0n) is 15.8. The summed E-state index contributed by atoms with van der Waals surface area (Å²) in [7, 11) is 0. The molecule has 2 aromatic rings. The predicted molar refractivity (Wildman–Crippen MR) is 84.7 cm³/mol. The monoisotopic (exact) mass is 335 g/mol. The van der Waals surface area contributed by atoms with Crippen molar-refractivity contribution in [2.75, 3.05) is 13.1 Å². The Hall–Kier alpha value is 0.490. The molecular weight excluding hydrogens is 316 g/mol. The maximum atomic E-state index is 7.15. The Morgan fingerprint density at radius 3 is 1.73 bits per heavy atom. The van der Waals surface area contributed by atoms with Gasteiger partial charge >= 0.3 is 59.1 Å². The molecule has 5 heteroatoms. The summed E-state index contributed by atoms with van der Waals surface area (Å²) < 4.78 is 6.00. The average molecular weight is 336 g/mol. The van der Waals surface area contributed by atoms with E-state index in [9.17, 15) is 0 Å². The minimum Gasteiger partial charge on any atom is -1.00 e. The molecule has 0 aliphatic carbocycles. The van der Waals surface area contributed by atoms with Crippen LogP contribution in [0, 0.1) is 0 Å². The molecule has 0 fully saturated rings. The molecule has 0 amide bonds. The van der Waals surface area contributed by atoms with E-state index in [4.69, 9.17) is 16.3 Å². The van der Waals surface area contributed by atoms with Crippen molar-refractivity contribution in [3.8, 4) is 11.5 Å². The van der Waals surface area contributed by atoms with Gasteiger partial charge in [-0.2, -0.15) is 0 Å². The summed E-state index contributed by atoms with van der Waals surface area (Å²) in [6.07, 6.45) is 0. The van der Waals surface area contributed by atoms with Crippen molar-refractivity contribution in [3.63, 3.8) is 0 Å². The molecule has 1 heterocycles. The zero-order valence-corrected chi connectivity index (χ0v) is 18.5. The third-order valence-electron chi connectivity index (χ3n) is 3.91. The molecule has 22 heavy (non-hydrogen) atoms. The van der Waals surface area contributed by atoms with Gasteiger partial charge in [0.15, 0.2) is 5.00 Å². The van der Waals surface area contributed by atoms with Crippen LogP contribution in [0.15, 0.2) is 48.5 Å². The minimum absolute atomic E-state index is 0. The van der Waals surface area contributed by atoms with Gasteiger partial charge in [-0.15, -0.1) is 0 Å². The van der Waals surface area contributed by atoms with Crippen molar-refractivity contribution in [1.29, 1.82) is 0 Å². The van der Waals surface area contributed by atoms with E-state index < -0.39 is 5.00 Å². The Morgan fingerprint density at radius 1 is 0.909 bits per heavy atom. The summed E-state index contributed by atoms with van der Waals surface area (Å²) in [5.74, 6) is 1.68. The third-order valence-corrected chi connectivity index (χ3v) is 4.55. The topological polar surface area (TPSA) is 12.5 Å². The molecule has 0 saturated heterocycles. The minimum atomic E-state index is -0.658. The van der Waals surface area contributed by atoms with Crippen LogP contribution in [0.1, 0.15) is 27.8 Å². The Labute approximate surface area is 184 Å². The summed E-state index contributed by atoms with van der Waals surface area (Å²) in [4.78, 5) is 1.60. The molecule has 0 unspecified atom stereocenters. The molecule has 0 bridgehead atoms. The number of para-hydroxylation sites is 2. The van der Waals surface area contributed by atoms with Crippen LogP contribution in [0.2, 0.25) is 0 Å². The molecule has 0 N–H and O–H groups in total. The van der Waals surface area contributed by atoms with E-state index >= 15 is 0 Å². The number of benzene rings is 2. The summed E-state index contributed by atoms with van der Waals surface area (Å²) in [6.45, 7) is 6.02. The molecular formula is C17H20ClNNa2O. The van der Waals surface area contributed by atoms with Crippen LogP contribution in [0.5, 0.6) is 11.5 Å². The van der Waals surface area contributed by atoms with Crippen LogP contribution >= 0.6 is 11.6 Å². The largest absolute Gasteiger partial charge is 1.00 e. The number of ether oxygens (including phenoxy) is 1. The van der Waals surface area contributed by atoms with Gasteiger partial charge in [0.05, 0.1) is 0 Å². The molecule has 1 aliphatic rings. The van der Waals surface area contributed by atoms with Crippen molar-refractivity contribution >= 4 is 11.6 Å². The number of nitrogens with zero attached hydrogens (tertiary/aromatic N) is 1. The normalized spacial score (nSPS) is 14.0. The molecule has 1 aliphatic heterocycles. The Morgan fingerprint density at radius 2 is 1.32 bits per heavy atom. The predicted octanol–water partition coefficient (Wildman–Crippen LogP) is -1.19.